The molecule has 1 amide bonds. The van der Waals surface area contributed by atoms with Gasteiger partial charge in [0.25, 0.3) is 0 Å². The van der Waals surface area contributed by atoms with Gasteiger partial charge in [0, 0.05) is 62.0 Å². The number of anilines is 1. The zero-order chi connectivity index (χ0) is 23.4. The number of amides is 1. The summed E-state index contributed by atoms with van der Waals surface area (Å²) in [5.41, 5.74) is 2.36. The molecule has 0 atom stereocenters. The molecule has 3 heterocycles. The van der Waals surface area contributed by atoms with E-state index < -0.39 is 5.63 Å². The molecular weight excluding hydrogens is 420 g/mol. The summed E-state index contributed by atoms with van der Waals surface area (Å²) in [5.74, 6) is 1.34. The van der Waals surface area contributed by atoms with E-state index in [9.17, 15) is 9.59 Å². The summed E-state index contributed by atoms with van der Waals surface area (Å²) in [5, 5.41) is 0.844. The smallest absolute Gasteiger partial charge is 0.339 e. The van der Waals surface area contributed by atoms with Gasteiger partial charge in [-0.05, 0) is 49.6 Å². The van der Waals surface area contributed by atoms with E-state index in [2.05, 4.69) is 21.4 Å². The predicted molar refractivity (Wildman–Crippen MR) is 127 cm³/mol. The van der Waals surface area contributed by atoms with E-state index >= 15 is 0 Å². The average Bonchev–Trinajstić information content (AvgIpc) is 2.83. The van der Waals surface area contributed by atoms with E-state index in [1.54, 1.807) is 24.5 Å². The molecule has 0 saturated carbocycles. The number of carbonyl (C=O) groups is 1. The Morgan fingerprint density at radius 3 is 2.61 bits per heavy atom. The Kier molecular flexibility index (Phi) is 6.72. The molecule has 1 aliphatic heterocycles. The molecule has 1 saturated heterocycles. The molecule has 8 nitrogen and oxygen atoms in total. The third kappa shape index (κ3) is 5.22. The largest absolute Gasteiger partial charge is 0.489 e. The lowest BCUT2D eigenvalue weighted by molar-refractivity contribution is -0.131. The van der Waals surface area contributed by atoms with Crippen LogP contribution in [0.1, 0.15) is 24.5 Å². The number of piperazine rings is 1. The standard InChI is InChI=1S/C25H28N4O4/c1-17(2)16-32-19-5-6-20-18(3)21(24(31)33-22(20)15-19)7-8-23(30)28-11-13-29(14-12-28)25-26-9-4-10-27-25/h4-6,9-10,15H,1,7-8,11-14,16H2,2-3H3. The topological polar surface area (TPSA) is 88.8 Å². The molecule has 1 fully saturated rings. The van der Waals surface area contributed by atoms with Gasteiger partial charge in [0.1, 0.15) is 17.9 Å². The van der Waals surface area contributed by atoms with E-state index in [1.165, 1.54) is 0 Å². The highest BCUT2D eigenvalue weighted by atomic mass is 16.5. The third-order valence-corrected chi connectivity index (χ3v) is 5.80. The first-order valence-electron chi connectivity index (χ1n) is 11.1. The van der Waals surface area contributed by atoms with Gasteiger partial charge in [-0.1, -0.05) is 6.58 Å². The monoisotopic (exact) mass is 448 g/mol. The number of rotatable bonds is 7. The van der Waals surface area contributed by atoms with Gasteiger partial charge in [0.2, 0.25) is 11.9 Å². The number of nitrogens with zero attached hydrogens (tertiary/aromatic N) is 4. The Morgan fingerprint density at radius 2 is 1.91 bits per heavy atom. The first-order valence-corrected chi connectivity index (χ1v) is 11.1. The quantitative estimate of drug-likeness (QED) is 0.405. The van der Waals surface area contributed by atoms with Gasteiger partial charge >= 0.3 is 5.63 Å². The summed E-state index contributed by atoms with van der Waals surface area (Å²) in [4.78, 5) is 37.9. The summed E-state index contributed by atoms with van der Waals surface area (Å²) in [6.07, 6.45) is 4.04. The summed E-state index contributed by atoms with van der Waals surface area (Å²) < 4.78 is 11.2. The van der Waals surface area contributed by atoms with E-state index in [-0.39, 0.29) is 12.3 Å². The molecule has 3 aromatic rings. The van der Waals surface area contributed by atoms with Crippen LogP contribution in [0, 0.1) is 6.92 Å². The fraction of sp³-hybridized carbons (Fsp3) is 0.360. The van der Waals surface area contributed by atoms with Crippen molar-refractivity contribution >= 4 is 22.8 Å². The van der Waals surface area contributed by atoms with Crippen molar-refractivity contribution in [1.29, 1.82) is 0 Å². The summed E-state index contributed by atoms with van der Waals surface area (Å²) in [6.45, 7) is 10.6. The lowest BCUT2D eigenvalue weighted by Crippen LogP contribution is -2.49. The van der Waals surface area contributed by atoms with Gasteiger partial charge in [-0.2, -0.15) is 0 Å². The first-order chi connectivity index (χ1) is 15.9. The third-order valence-electron chi connectivity index (χ3n) is 5.80. The number of hydrogen-bond acceptors (Lipinski definition) is 7. The molecule has 0 aliphatic carbocycles. The van der Waals surface area contributed by atoms with Crippen molar-refractivity contribution in [3.8, 4) is 5.75 Å². The molecule has 8 heteroatoms. The summed E-state index contributed by atoms with van der Waals surface area (Å²) in [6, 6.07) is 7.24. The SMILES string of the molecule is C=C(C)COc1ccc2c(C)c(CCC(=O)N3CCN(c4ncccn4)CC3)c(=O)oc2c1. The average molecular weight is 449 g/mol. The molecule has 0 spiro atoms. The minimum absolute atomic E-state index is 0.0334. The minimum Gasteiger partial charge on any atom is -0.489 e. The molecular formula is C25H28N4O4. The van der Waals surface area contributed by atoms with Crippen LogP contribution in [-0.4, -0.2) is 53.6 Å². The highest BCUT2D eigenvalue weighted by Crippen LogP contribution is 2.25. The van der Waals surface area contributed by atoms with Crippen LogP contribution in [0.3, 0.4) is 0 Å². The number of carbonyl (C=O) groups excluding carboxylic acids is 1. The van der Waals surface area contributed by atoms with Crippen LogP contribution in [0.5, 0.6) is 5.75 Å². The highest BCUT2D eigenvalue weighted by molar-refractivity contribution is 5.83. The van der Waals surface area contributed by atoms with Gasteiger partial charge in [0.15, 0.2) is 0 Å². The van der Waals surface area contributed by atoms with Crippen molar-refractivity contribution in [2.24, 2.45) is 0 Å². The van der Waals surface area contributed by atoms with Crippen molar-refractivity contribution in [2.75, 3.05) is 37.7 Å². The Morgan fingerprint density at radius 1 is 1.18 bits per heavy atom. The number of aromatic nitrogens is 2. The van der Waals surface area contributed by atoms with Crippen LogP contribution in [0.4, 0.5) is 5.95 Å². The van der Waals surface area contributed by atoms with Crippen molar-refractivity contribution in [3.63, 3.8) is 0 Å². The fourth-order valence-electron chi connectivity index (χ4n) is 3.96. The first kappa shape index (κ1) is 22.5. The summed E-state index contributed by atoms with van der Waals surface area (Å²) >= 11 is 0. The molecule has 0 radical (unpaired) electrons. The second kappa shape index (κ2) is 9.85. The molecule has 172 valence electrons. The Bertz CT molecular complexity index is 1210. The van der Waals surface area contributed by atoms with Crippen molar-refractivity contribution in [2.45, 2.75) is 26.7 Å². The number of benzene rings is 1. The van der Waals surface area contributed by atoms with Gasteiger partial charge in [-0.3, -0.25) is 4.79 Å². The van der Waals surface area contributed by atoms with Gasteiger partial charge in [0.05, 0.1) is 0 Å². The molecule has 2 aromatic heterocycles. The molecule has 1 aromatic carbocycles. The highest BCUT2D eigenvalue weighted by Gasteiger charge is 2.23. The van der Waals surface area contributed by atoms with Crippen LogP contribution >= 0.6 is 0 Å². The normalized spacial score (nSPS) is 13.9. The maximum atomic E-state index is 12.8. The number of aryl methyl sites for hydroxylation is 1. The Labute approximate surface area is 192 Å². The number of hydrogen-bond donors (Lipinski definition) is 0. The zero-order valence-electron chi connectivity index (χ0n) is 19.0. The number of fused-ring (bicyclic) bond motifs is 1. The maximum Gasteiger partial charge on any atom is 0.339 e. The number of ether oxygens (including phenoxy) is 1. The second-order valence-electron chi connectivity index (χ2n) is 8.31. The fourth-order valence-corrected chi connectivity index (χ4v) is 3.96. The Balaban J connectivity index is 1.39. The van der Waals surface area contributed by atoms with Crippen LogP contribution in [0.25, 0.3) is 11.0 Å². The van der Waals surface area contributed by atoms with Gasteiger partial charge < -0.3 is 19.0 Å². The van der Waals surface area contributed by atoms with Crippen LogP contribution < -0.4 is 15.3 Å². The van der Waals surface area contributed by atoms with Crippen molar-refractivity contribution < 1.29 is 13.9 Å². The maximum absolute atomic E-state index is 12.8. The lowest BCUT2D eigenvalue weighted by atomic mass is 10.0. The van der Waals surface area contributed by atoms with Crippen LogP contribution in [0.2, 0.25) is 0 Å². The van der Waals surface area contributed by atoms with Crippen molar-refractivity contribution in [3.05, 3.63) is 70.4 Å². The minimum atomic E-state index is -0.407. The molecule has 33 heavy (non-hydrogen) atoms. The van der Waals surface area contributed by atoms with E-state index in [0.29, 0.717) is 62.1 Å². The predicted octanol–water partition coefficient (Wildman–Crippen LogP) is 3.13. The van der Waals surface area contributed by atoms with Crippen LogP contribution in [-0.2, 0) is 11.2 Å². The van der Waals surface area contributed by atoms with Gasteiger partial charge in [-0.25, -0.2) is 14.8 Å². The molecule has 0 unspecified atom stereocenters. The molecule has 1 aliphatic rings. The zero-order valence-corrected chi connectivity index (χ0v) is 19.0. The molecule has 0 N–H and O–H groups in total. The lowest BCUT2D eigenvalue weighted by Gasteiger charge is -2.34. The molecule has 0 bridgehead atoms. The second-order valence-corrected chi connectivity index (χ2v) is 8.31. The van der Waals surface area contributed by atoms with E-state index in [1.807, 2.05) is 30.9 Å². The van der Waals surface area contributed by atoms with E-state index in [0.717, 1.165) is 16.5 Å². The Hall–Kier alpha value is -3.68. The van der Waals surface area contributed by atoms with Crippen molar-refractivity contribution in [1.82, 2.24) is 14.9 Å². The van der Waals surface area contributed by atoms with E-state index in [4.69, 9.17) is 9.15 Å². The van der Waals surface area contributed by atoms with Crippen LogP contribution in [0.15, 0.2) is 58.0 Å². The van der Waals surface area contributed by atoms with Gasteiger partial charge in [-0.15, -0.1) is 0 Å². The summed E-state index contributed by atoms with van der Waals surface area (Å²) in [7, 11) is 0. The molecule has 4 rings (SSSR count).